The van der Waals surface area contributed by atoms with Crippen LogP contribution in [-0.4, -0.2) is 28.9 Å². The Kier molecular flexibility index (Phi) is 3.71. The fourth-order valence-corrected chi connectivity index (χ4v) is 2.42. The van der Waals surface area contributed by atoms with Gasteiger partial charge in [0, 0.05) is 19.0 Å². The first-order valence-corrected chi connectivity index (χ1v) is 6.17. The zero-order chi connectivity index (χ0) is 11.5. The molecule has 1 saturated heterocycles. The normalized spacial score (nSPS) is 17.8. The molecule has 1 aliphatic heterocycles. The van der Waals surface area contributed by atoms with Crippen LogP contribution in [0.15, 0.2) is 11.1 Å². The SMILES string of the molecule is O=c1[nH]cnc(N2CCC(CCl)CC2)c1Cl. The van der Waals surface area contributed by atoms with Crippen molar-refractivity contribution in [3.05, 3.63) is 21.7 Å². The summed E-state index contributed by atoms with van der Waals surface area (Å²) < 4.78 is 0. The maximum atomic E-state index is 11.3. The Bertz CT molecular complexity index is 413. The van der Waals surface area contributed by atoms with Crippen molar-refractivity contribution >= 4 is 29.0 Å². The van der Waals surface area contributed by atoms with Crippen molar-refractivity contribution in [3.63, 3.8) is 0 Å². The van der Waals surface area contributed by atoms with E-state index in [0.717, 1.165) is 25.9 Å². The molecule has 0 bridgehead atoms. The summed E-state index contributed by atoms with van der Waals surface area (Å²) in [7, 11) is 0. The van der Waals surface area contributed by atoms with E-state index in [1.54, 1.807) is 0 Å². The summed E-state index contributed by atoms with van der Waals surface area (Å²) in [6.45, 7) is 1.71. The molecule has 0 aromatic carbocycles. The highest BCUT2D eigenvalue weighted by Gasteiger charge is 2.21. The molecular weight excluding hydrogens is 249 g/mol. The van der Waals surface area contributed by atoms with Crippen LogP contribution in [0.1, 0.15) is 12.8 Å². The van der Waals surface area contributed by atoms with E-state index in [4.69, 9.17) is 23.2 Å². The lowest BCUT2D eigenvalue weighted by molar-refractivity contribution is 0.441. The van der Waals surface area contributed by atoms with Gasteiger partial charge in [0.2, 0.25) is 0 Å². The van der Waals surface area contributed by atoms with E-state index < -0.39 is 0 Å². The maximum Gasteiger partial charge on any atom is 0.271 e. The van der Waals surface area contributed by atoms with Crippen molar-refractivity contribution in [2.24, 2.45) is 5.92 Å². The van der Waals surface area contributed by atoms with Crippen molar-refractivity contribution in [1.29, 1.82) is 0 Å². The van der Waals surface area contributed by atoms with E-state index in [0.29, 0.717) is 17.6 Å². The van der Waals surface area contributed by atoms with Crippen LogP contribution in [0.2, 0.25) is 5.02 Å². The van der Waals surface area contributed by atoms with Crippen LogP contribution in [0.5, 0.6) is 0 Å². The largest absolute Gasteiger partial charge is 0.355 e. The Hall–Kier alpha value is -0.740. The number of halogens is 2. The van der Waals surface area contributed by atoms with E-state index in [9.17, 15) is 4.79 Å². The van der Waals surface area contributed by atoms with Gasteiger partial charge in [-0.3, -0.25) is 4.79 Å². The molecule has 2 heterocycles. The fourth-order valence-electron chi connectivity index (χ4n) is 1.89. The average molecular weight is 262 g/mol. The van der Waals surface area contributed by atoms with Crippen LogP contribution in [0.4, 0.5) is 5.82 Å². The third kappa shape index (κ3) is 2.33. The molecule has 0 spiro atoms. The molecule has 0 saturated carbocycles. The van der Waals surface area contributed by atoms with Crippen LogP contribution in [0.25, 0.3) is 0 Å². The summed E-state index contributed by atoms with van der Waals surface area (Å²) in [5.74, 6) is 1.85. The van der Waals surface area contributed by atoms with Crippen LogP contribution in [0.3, 0.4) is 0 Å². The molecule has 1 aliphatic rings. The van der Waals surface area contributed by atoms with Gasteiger partial charge in [0.1, 0.15) is 5.02 Å². The molecule has 0 radical (unpaired) electrons. The van der Waals surface area contributed by atoms with E-state index in [1.165, 1.54) is 6.33 Å². The van der Waals surface area contributed by atoms with E-state index in [-0.39, 0.29) is 10.6 Å². The minimum absolute atomic E-state index is 0.173. The monoisotopic (exact) mass is 261 g/mol. The van der Waals surface area contributed by atoms with Crippen LogP contribution < -0.4 is 10.5 Å². The van der Waals surface area contributed by atoms with Gasteiger partial charge in [0.05, 0.1) is 6.33 Å². The highest BCUT2D eigenvalue weighted by atomic mass is 35.5. The number of anilines is 1. The third-order valence-electron chi connectivity index (χ3n) is 2.91. The second kappa shape index (κ2) is 5.06. The van der Waals surface area contributed by atoms with E-state index in [2.05, 4.69) is 9.97 Å². The zero-order valence-electron chi connectivity index (χ0n) is 8.75. The lowest BCUT2D eigenvalue weighted by Gasteiger charge is -2.32. The predicted octanol–water partition coefficient (Wildman–Crippen LogP) is 1.88. The third-order valence-corrected chi connectivity index (χ3v) is 3.69. The van der Waals surface area contributed by atoms with Gasteiger partial charge < -0.3 is 9.88 Å². The van der Waals surface area contributed by atoms with Gasteiger partial charge in [-0.15, -0.1) is 11.6 Å². The topological polar surface area (TPSA) is 49.0 Å². The number of hydrogen-bond acceptors (Lipinski definition) is 3. The number of alkyl halides is 1. The molecule has 0 atom stereocenters. The number of piperidine rings is 1. The van der Waals surface area contributed by atoms with Gasteiger partial charge >= 0.3 is 0 Å². The van der Waals surface area contributed by atoms with Crippen molar-refractivity contribution in [2.75, 3.05) is 23.9 Å². The number of aromatic nitrogens is 2. The highest BCUT2D eigenvalue weighted by molar-refractivity contribution is 6.32. The Balaban J connectivity index is 2.14. The van der Waals surface area contributed by atoms with Gasteiger partial charge in [0.25, 0.3) is 5.56 Å². The molecule has 0 amide bonds. The lowest BCUT2D eigenvalue weighted by atomic mass is 9.99. The second-order valence-electron chi connectivity index (χ2n) is 3.95. The average Bonchev–Trinajstić information content (AvgIpc) is 2.33. The molecule has 0 unspecified atom stereocenters. The van der Waals surface area contributed by atoms with E-state index >= 15 is 0 Å². The summed E-state index contributed by atoms with van der Waals surface area (Å²) in [4.78, 5) is 19.9. The number of aromatic amines is 1. The minimum Gasteiger partial charge on any atom is -0.355 e. The lowest BCUT2D eigenvalue weighted by Crippen LogP contribution is -2.35. The molecule has 1 aromatic heterocycles. The molecule has 4 nitrogen and oxygen atoms in total. The highest BCUT2D eigenvalue weighted by Crippen LogP contribution is 2.25. The van der Waals surface area contributed by atoms with E-state index in [1.807, 2.05) is 4.90 Å². The first-order valence-electron chi connectivity index (χ1n) is 5.26. The molecule has 2 rings (SSSR count). The van der Waals surface area contributed by atoms with Gasteiger partial charge in [-0.25, -0.2) is 4.98 Å². The van der Waals surface area contributed by atoms with Gasteiger partial charge in [-0.2, -0.15) is 0 Å². The number of nitrogens with zero attached hydrogens (tertiary/aromatic N) is 2. The van der Waals surface area contributed by atoms with Gasteiger partial charge in [-0.05, 0) is 18.8 Å². The molecular formula is C10H13Cl2N3O. The first kappa shape index (κ1) is 11.7. The quantitative estimate of drug-likeness (QED) is 0.828. The standard InChI is InChI=1S/C10H13Cl2N3O/c11-5-7-1-3-15(4-2-7)9-8(12)10(16)14-6-13-9/h6-7H,1-5H2,(H,13,14,16). The Morgan fingerprint density at radius 3 is 2.81 bits per heavy atom. The predicted molar refractivity (Wildman–Crippen MR) is 65.5 cm³/mol. The van der Waals surface area contributed by atoms with Crippen molar-refractivity contribution in [3.8, 4) is 0 Å². The second-order valence-corrected chi connectivity index (χ2v) is 4.64. The zero-order valence-corrected chi connectivity index (χ0v) is 10.3. The summed E-state index contributed by atoms with van der Waals surface area (Å²) in [5, 5.41) is 0.173. The Morgan fingerprint density at radius 1 is 1.50 bits per heavy atom. The minimum atomic E-state index is -0.286. The molecule has 16 heavy (non-hydrogen) atoms. The summed E-state index contributed by atoms with van der Waals surface area (Å²) in [6, 6.07) is 0. The molecule has 88 valence electrons. The summed E-state index contributed by atoms with van der Waals surface area (Å²) in [5.41, 5.74) is -0.286. The van der Waals surface area contributed by atoms with Gasteiger partial charge in [-0.1, -0.05) is 11.6 Å². The van der Waals surface area contributed by atoms with Gasteiger partial charge in [0.15, 0.2) is 5.82 Å². The first-order chi connectivity index (χ1) is 7.72. The maximum absolute atomic E-state index is 11.3. The molecule has 1 fully saturated rings. The number of nitrogens with one attached hydrogen (secondary N) is 1. The van der Waals surface area contributed by atoms with Crippen LogP contribution in [-0.2, 0) is 0 Å². The molecule has 1 N–H and O–H groups in total. The van der Waals surface area contributed by atoms with Crippen molar-refractivity contribution < 1.29 is 0 Å². The van der Waals surface area contributed by atoms with Crippen molar-refractivity contribution in [1.82, 2.24) is 9.97 Å². The number of rotatable bonds is 2. The number of H-pyrrole nitrogens is 1. The Morgan fingerprint density at radius 2 is 2.19 bits per heavy atom. The van der Waals surface area contributed by atoms with Crippen LogP contribution in [0, 0.1) is 5.92 Å². The van der Waals surface area contributed by atoms with Crippen molar-refractivity contribution in [2.45, 2.75) is 12.8 Å². The number of hydrogen-bond donors (Lipinski definition) is 1. The summed E-state index contributed by atoms with van der Waals surface area (Å²) in [6.07, 6.45) is 3.43. The van der Waals surface area contributed by atoms with Crippen LogP contribution >= 0.6 is 23.2 Å². The molecule has 6 heteroatoms. The summed E-state index contributed by atoms with van der Waals surface area (Å²) >= 11 is 11.7. The molecule has 0 aliphatic carbocycles. The smallest absolute Gasteiger partial charge is 0.271 e. The molecule has 1 aromatic rings. The fraction of sp³-hybridized carbons (Fsp3) is 0.600. The Labute approximate surface area is 104 Å².